The molecule has 2 amide bonds. The lowest BCUT2D eigenvalue weighted by molar-refractivity contribution is -0.122. The van der Waals surface area contributed by atoms with Gasteiger partial charge < -0.3 is 0 Å². The van der Waals surface area contributed by atoms with Crippen molar-refractivity contribution in [2.45, 2.75) is 45.4 Å². The maximum atomic E-state index is 13.3. The second-order valence-corrected chi connectivity index (χ2v) is 8.45. The van der Waals surface area contributed by atoms with Crippen molar-refractivity contribution in [3.05, 3.63) is 39.9 Å². The summed E-state index contributed by atoms with van der Waals surface area (Å²) < 4.78 is 0. The highest BCUT2D eigenvalue weighted by Crippen LogP contribution is 2.57. The third-order valence-corrected chi connectivity index (χ3v) is 7.32. The number of nitrogens with zero attached hydrogens (tertiary/aromatic N) is 1. The molecule has 130 valence electrons. The van der Waals surface area contributed by atoms with Gasteiger partial charge in [-0.25, -0.2) is 4.90 Å². The van der Waals surface area contributed by atoms with Crippen LogP contribution in [-0.2, 0) is 9.59 Å². The lowest BCUT2D eigenvalue weighted by Gasteiger charge is -2.34. The van der Waals surface area contributed by atoms with Crippen LogP contribution < -0.4 is 4.90 Å². The van der Waals surface area contributed by atoms with Crippen molar-refractivity contribution in [2.24, 2.45) is 23.7 Å². The molecular formula is C21H22ClNO2. The maximum Gasteiger partial charge on any atom is 0.238 e. The van der Waals surface area contributed by atoms with E-state index in [1.54, 1.807) is 6.07 Å². The van der Waals surface area contributed by atoms with Crippen LogP contribution in [0.5, 0.6) is 0 Å². The highest BCUT2D eigenvalue weighted by atomic mass is 35.5. The van der Waals surface area contributed by atoms with E-state index in [0.29, 0.717) is 22.5 Å². The number of carbonyl (C=O) groups excluding carboxylic acids is 2. The maximum absolute atomic E-state index is 13.3. The molecule has 4 heteroatoms. The smallest absolute Gasteiger partial charge is 0.238 e. The van der Waals surface area contributed by atoms with Gasteiger partial charge in [0.2, 0.25) is 11.8 Å². The van der Waals surface area contributed by atoms with Gasteiger partial charge in [-0.05, 0) is 75.0 Å². The summed E-state index contributed by atoms with van der Waals surface area (Å²) in [5, 5.41) is 0.606. The van der Waals surface area contributed by atoms with E-state index in [0.717, 1.165) is 44.1 Å². The number of amides is 2. The van der Waals surface area contributed by atoms with Crippen LogP contribution in [0.25, 0.3) is 0 Å². The number of halogens is 1. The summed E-state index contributed by atoms with van der Waals surface area (Å²) >= 11 is 6.26. The summed E-state index contributed by atoms with van der Waals surface area (Å²) in [6.07, 6.45) is 6.73. The van der Waals surface area contributed by atoms with Crippen molar-refractivity contribution in [3.8, 4) is 0 Å². The van der Waals surface area contributed by atoms with Crippen LogP contribution in [0.1, 0.15) is 44.1 Å². The van der Waals surface area contributed by atoms with E-state index in [4.69, 9.17) is 11.6 Å². The number of imide groups is 1. The first-order valence-electron chi connectivity index (χ1n) is 9.43. The summed E-state index contributed by atoms with van der Waals surface area (Å²) in [5.74, 6) is 0.331. The van der Waals surface area contributed by atoms with Crippen molar-refractivity contribution in [1.82, 2.24) is 0 Å². The molecule has 1 saturated heterocycles. The molecule has 25 heavy (non-hydrogen) atoms. The number of rotatable bonds is 1. The number of benzene rings is 1. The molecular weight excluding hydrogens is 334 g/mol. The third-order valence-electron chi connectivity index (χ3n) is 6.91. The van der Waals surface area contributed by atoms with E-state index in [-0.39, 0.29) is 23.7 Å². The van der Waals surface area contributed by atoms with Gasteiger partial charge in [0, 0.05) is 5.02 Å². The van der Waals surface area contributed by atoms with Gasteiger partial charge in [-0.1, -0.05) is 28.8 Å². The summed E-state index contributed by atoms with van der Waals surface area (Å²) in [7, 11) is 0. The third kappa shape index (κ3) is 2.05. The molecule has 3 fully saturated rings. The monoisotopic (exact) mass is 355 g/mol. The van der Waals surface area contributed by atoms with Crippen LogP contribution in [0.2, 0.25) is 5.02 Å². The highest BCUT2D eigenvalue weighted by molar-refractivity contribution is 6.32. The molecule has 1 aliphatic heterocycles. The minimum Gasteiger partial charge on any atom is -0.274 e. The molecule has 0 unspecified atom stereocenters. The fourth-order valence-electron chi connectivity index (χ4n) is 5.87. The lowest BCUT2D eigenvalue weighted by atomic mass is 9.66. The molecule has 0 radical (unpaired) electrons. The van der Waals surface area contributed by atoms with Crippen molar-refractivity contribution >= 4 is 29.1 Å². The molecule has 0 aromatic heterocycles. The van der Waals surface area contributed by atoms with Crippen LogP contribution in [0.15, 0.2) is 29.3 Å². The van der Waals surface area contributed by atoms with E-state index in [9.17, 15) is 9.59 Å². The van der Waals surface area contributed by atoms with E-state index in [2.05, 4.69) is 0 Å². The minimum atomic E-state index is -0.142. The second kappa shape index (κ2) is 5.44. The molecule has 4 atom stereocenters. The summed E-state index contributed by atoms with van der Waals surface area (Å²) in [5.41, 5.74) is 4.67. The molecule has 1 aromatic rings. The quantitative estimate of drug-likeness (QED) is 0.542. The number of hydrogen-bond donors (Lipinski definition) is 0. The first-order valence-corrected chi connectivity index (χ1v) is 9.81. The average molecular weight is 356 g/mol. The van der Waals surface area contributed by atoms with Gasteiger partial charge in [0.15, 0.2) is 0 Å². The molecule has 0 bridgehead atoms. The van der Waals surface area contributed by atoms with E-state index in [1.807, 2.05) is 19.1 Å². The SMILES string of the molecule is Cc1ccc(N2C(=O)[C@@H]3[C@H](C2=O)[C@@H]2CCCC2=C2CCC[C@@H]23)cc1Cl. The second-order valence-electron chi connectivity index (χ2n) is 8.04. The van der Waals surface area contributed by atoms with E-state index < -0.39 is 0 Å². The van der Waals surface area contributed by atoms with Gasteiger partial charge in [-0.15, -0.1) is 0 Å². The largest absolute Gasteiger partial charge is 0.274 e. The van der Waals surface area contributed by atoms with Crippen molar-refractivity contribution in [2.75, 3.05) is 4.90 Å². The van der Waals surface area contributed by atoms with Gasteiger partial charge in [0.05, 0.1) is 17.5 Å². The Kier molecular flexibility index (Phi) is 3.40. The number of hydrogen-bond acceptors (Lipinski definition) is 2. The summed E-state index contributed by atoms with van der Waals surface area (Å²) in [6, 6.07) is 5.51. The van der Waals surface area contributed by atoms with Crippen LogP contribution >= 0.6 is 11.6 Å². The highest BCUT2D eigenvalue weighted by Gasteiger charge is 2.59. The molecule has 4 aliphatic rings. The zero-order valence-corrected chi connectivity index (χ0v) is 15.2. The molecule has 0 spiro atoms. The van der Waals surface area contributed by atoms with Gasteiger partial charge in [0.1, 0.15) is 0 Å². The number of anilines is 1. The van der Waals surface area contributed by atoms with Crippen molar-refractivity contribution in [3.63, 3.8) is 0 Å². The normalized spacial score (nSPS) is 33.8. The Bertz CT molecular complexity index is 785. The Balaban J connectivity index is 1.60. The lowest BCUT2D eigenvalue weighted by Crippen LogP contribution is -2.35. The number of aryl methyl sites for hydroxylation is 1. The fraction of sp³-hybridized carbons (Fsp3) is 0.524. The van der Waals surface area contributed by atoms with Gasteiger partial charge in [-0.3, -0.25) is 9.59 Å². The Labute approximate surface area is 153 Å². The van der Waals surface area contributed by atoms with Gasteiger partial charge in [-0.2, -0.15) is 0 Å². The molecule has 1 heterocycles. The van der Waals surface area contributed by atoms with Crippen LogP contribution in [0.3, 0.4) is 0 Å². The number of allylic oxidation sites excluding steroid dienone is 2. The molecule has 0 N–H and O–H groups in total. The number of carbonyl (C=O) groups is 2. The topological polar surface area (TPSA) is 37.4 Å². The average Bonchev–Trinajstić information content (AvgIpc) is 3.28. The van der Waals surface area contributed by atoms with E-state index in [1.165, 1.54) is 16.0 Å². The van der Waals surface area contributed by atoms with Gasteiger partial charge >= 0.3 is 0 Å². The Morgan fingerprint density at radius 2 is 1.52 bits per heavy atom. The van der Waals surface area contributed by atoms with Crippen molar-refractivity contribution < 1.29 is 9.59 Å². The Morgan fingerprint density at radius 1 is 0.960 bits per heavy atom. The molecule has 5 rings (SSSR count). The summed E-state index contributed by atoms with van der Waals surface area (Å²) in [4.78, 5) is 28.1. The number of fused-ring (bicyclic) bond motifs is 5. The zero-order valence-electron chi connectivity index (χ0n) is 14.4. The molecule has 1 aromatic carbocycles. The zero-order chi connectivity index (χ0) is 17.3. The molecule has 3 aliphatic carbocycles. The van der Waals surface area contributed by atoms with Gasteiger partial charge in [0.25, 0.3) is 0 Å². The van der Waals surface area contributed by atoms with Crippen molar-refractivity contribution in [1.29, 1.82) is 0 Å². The van der Waals surface area contributed by atoms with Crippen LogP contribution in [0, 0.1) is 30.6 Å². The Morgan fingerprint density at radius 3 is 2.04 bits per heavy atom. The fourth-order valence-corrected chi connectivity index (χ4v) is 6.04. The minimum absolute atomic E-state index is 0.00488. The summed E-state index contributed by atoms with van der Waals surface area (Å²) in [6.45, 7) is 1.93. The predicted octanol–water partition coefficient (Wildman–Crippen LogP) is 4.66. The predicted molar refractivity (Wildman–Crippen MR) is 97.4 cm³/mol. The molecule has 2 saturated carbocycles. The first-order chi connectivity index (χ1) is 12.1. The van der Waals surface area contributed by atoms with Crippen LogP contribution in [0.4, 0.5) is 5.69 Å². The molecule has 3 nitrogen and oxygen atoms in total. The van der Waals surface area contributed by atoms with Crippen LogP contribution in [-0.4, -0.2) is 11.8 Å². The Hall–Kier alpha value is -1.61. The standard InChI is InChI=1S/C21H22ClNO2/c1-11-8-9-12(10-17(11)22)23-20(24)18-15-6-2-4-13(15)14-5-3-7-16(14)19(18)21(23)25/h8-10,15-16,18-19H,2-7H2,1H3/t15-,16+,18-,19+. The first kappa shape index (κ1) is 15.6. The van der Waals surface area contributed by atoms with E-state index >= 15 is 0 Å².